The molecule has 4 aromatic rings. The molecule has 1 aliphatic rings. The van der Waals surface area contributed by atoms with Crippen LogP contribution in [0.3, 0.4) is 0 Å². The first kappa shape index (κ1) is 24.6. The highest BCUT2D eigenvalue weighted by atomic mass is 32.2. The van der Waals surface area contributed by atoms with Gasteiger partial charge in [0.25, 0.3) is 0 Å². The van der Waals surface area contributed by atoms with Gasteiger partial charge in [-0.1, -0.05) is 6.07 Å². The summed E-state index contributed by atoms with van der Waals surface area (Å²) in [6.07, 6.45) is 3.09. The lowest BCUT2D eigenvalue weighted by Crippen LogP contribution is -2.44. The van der Waals surface area contributed by atoms with Gasteiger partial charge in [0.05, 0.1) is 18.3 Å². The van der Waals surface area contributed by atoms with Crippen molar-refractivity contribution < 1.29 is 21.9 Å². The summed E-state index contributed by atoms with van der Waals surface area (Å²) in [7, 11) is -2.98. The minimum Gasteiger partial charge on any atom is -0.479 e. The zero-order chi connectivity index (χ0) is 26.0. The van der Waals surface area contributed by atoms with Crippen LogP contribution < -0.4 is 24.4 Å². The van der Waals surface area contributed by atoms with Crippen LogP contribution in [0.5, 0.6) is 5.88 Å². The van der Waals surface area contributed by atoms with E-state index in [1.54, 1.807) is 12.3 Å². The molecule has 13 heteroatoms. The predicted octanol–water partition coefficient (Wildman–Crippen LogP) is 3.16. The zero-order valence-electron chi connectivity index (χ0n) is 19.7. The Labute approximate surface area is 211 Å². The van der Waals surface area contributed by atoms with Crippen LogP contribution in [0.4, 0.5) is 26.0 Å². The molecule has 1 saturated heterocycles. The molecule has 0 radical (unpaired) electrons. The number of anilines is 3. The molecular formula is C24H23F2N7O3S. The summed E-state index contributed by atoms with van der Waals surface area (Å²) in [6, 6.07) is 9.72. The van der Waals surface area contributed by atoms with Gasteiger partial charge in [0.15, 0.2) is 0 Å². The third kappa shape index (κ3) is 5.37. The van der Waals surface area contributed by atoms with Crippen molar-refractivity contribution in [1.29, 1.82) is 0 Å². The largest absolute Gasteiger partial charge is 0.479 e. The third-order valence-electron chi connectivity index (χ3n) is 5.83. The molecule has 3 N–H and O–H groups in total. The number of fused-ring (bicyclic) bond motifs is 1. The van der Waals surface area contributed by atoms with E-state index in [0.29, 0.717) is 11.6 Å². The fourth-order valence-electron chi connectivity index (χ4n) is 4.08. The first-order valence-corrected chi connectivity index (χ1v) is 12.8. The van der Waals surface area contributed by atoms with Crippen LogP contribution in [0.25, 0.3) is 22.0 Å². The van der Waals surface area contributed by atoms with Crippen molar-refractivity contribution >= 4 is 38.3 Å². The average molecular weight is 528 g/mol. The van der Waals surface area contributed by atoms with E-state index in [4.69, 9.17) is 4.74 Å². The van der Waals surface area contributed by atoms with E-state index in [1.165, 1.54) is 13.4 Å². The summed E-state index contributed by atoms with van der Waals surface area (Å²) in [6.45, 7) is 3.34. The standard InChI is InChI=1S/C24H23F2N7O3S/c1-36-24-22(32-37(34,35)31-21-5-3-17(25)12-19(21)26)11-16(13-28-24)15-2-4-20-18(10-15)23(30-14-29-20)33-8-6-27-7-9-33/h2-5,10-14,27,31-32H,6-9H2,1H3. The fourth-order valence-corrected chi connectivity index (χ4v) is 5.03. The Morgan fingerprint density at radius 3 is 2.49 bits per heavy atom. The molecule has 10 nitrogen and oxygen atoms in total. The van der Waals surface area contributed by atoms with Gasteiger partial charge in [0.1, 0.15) is 29.5 Å². The molecule has 1 fully saturated rings. The van der Waals surface area contributed by atoms with Crippen LogP contribution in [0.2, 0.25) is 0 Å². The first-order chi connectivity index (χ1) is 17.8. The monoisotopic (exact) mass is 527 g/mol. The maximum atomic E-state index is 14.0. The van der Waals surface area contributed by atoms with Crippen LogP contribution in [-0.2, 0) is 10.2 Å². The van der Waals surface area contributed by atoms with Crippen LogP contribution in [0.15, 0.2) is 55.0 Å². The summed E-state index contributed by atoms with van der Waals surface area (Å²) >= 11 is 0. The number of pyridine rings is 1. The third-order valence-corrected chi connectivity index (χ3v) is 6.81. The van der Waals surface area contributed by atoms with Gasteiger partial charge in [-0.05, 0) is 35.9 Å². The fraction of sp³-hybridized carbons (Fsp3) is 0.208. The van der Waals surface area contributed by atoms with Gasteiger partial charge in [0, 0.05) is 49.4 Å². The van der Waals surface area contributed by atoms with Crippen molar-refractivity contribution in [3.05, 3.63) is 66.6 Å². The van der Waals surface area contributed by atoms with Crippen molar-refractivity contribution in [1.82, 2.24) is 20.3 Å². The molecule has 0 bridgehead atoms. The Morgan fingerprint density at radius 2 is 1.73 bits per heavy atom. The Kier molecular flexibility index (Phi) is 6.72. The van der Waals surface area contributed by atoms with Crippen LogP contribution in [0, 0.1) is 11.6 Å². The Morgan fingerprint density at radius 1 is 0.946 bits per heavy atom. The number of methoxy groups -OCH3 is 1. The molecule has 0 unspecified atom stereocenters. The van der Waals surface area contributed by atoms with Crippen LogP contribution in [0.1, 0.15) is 0 Å². The number of piperazine rings is 1. The van der Waals surface area contributed by atoms with Crippen molar-refractivity contribution in [2.24, 2.45) is 0 Å². The lowest BCUT2D eigenvalue weighted by molar-refractivity contribution is 0.400. The quantitative estimate of drug-likeness (QED) is 0.335. The van der Waals surface area contributed by atoms with Gasteiger partial charge in [-0.15, -0.1) is 0 Å². The molecule has 0 spiro atoms. The van der Waals surface area contributed by atoms with Gasteiger partial charge in [-0.25, -0.2) is 23.7 Å². The molecule has 192 valence electrons. The van der Waals surface area contributed by atoms with E-state index in [2.05, 4.69) is 29.9 Å². The smallest absolute Gasteiger partial charge is 0.321 e. The topological polar surface area (TPSA) is 121 Å². The van der Waals surface area contributed by atoms with Gasteiger partial charge >= 0.3 is 10.2 Å². The van der Waals surface area contributed by atoms with Crippen molar-refractivity contribution in [2.45, 2.75) is 0 Å². The normalized spacial score (nSPS) is 14.0. The van der Waals surface area contributed by atoms with Crippen LogP contribution in [-0.4, -0.2) is 56.7 Å². The second kappa shape index (κ2) is 10.1. The lowest BCUT2D eigenvalue weighted by Gasteiger charge is -2.29. The maximum Gasteiger partial charge on any atom is 0.321 e. The van der Waals surface area contributed by atoms with Gasteiger partial charge in [0.2, 0.25) is 5.88 Å². The number of nitrogens with one attached hydrogen (secondary N) is 3. The van der Waals surface area contributed by atoms with E-state index in [0.717, 1.165) is 60.6 Å². The minimum atomic E-state index is -4.33. The van der Waals surface area contributed by atoms with Crippen molar-refractivity contribution in [3.63, 3.8) is 0 Å². The number of halogens is 2. The highest BCUT2D eigenvalue weighted by Crippen LogP contribution is 2.33. The molecular weight excluding hydrogens is 504 g/mol. The molecule has 2 aromatic carbocycles. The highest BCUT2D eigenvalue weighted by Gasteiger charge is 2.19. The molecule has 0 amide bonds. The molecule has 0 aliphatic carbocycles. The maximum absolute atomic E-state index is 14.0. The second-order valence-corrected chi connectivity index (χ2v) is 9.69. The number of hydrogen-bond donors (Lipinski definition) is 3. The Bertz CT molecular complexity index is 1560. The van der Waals surface area contributed by atoms with E-state index < -0.39 is 27.5 Å². The number of nitrogens with zero attached hydrogens (tertiary/aromatic N) is 4. The van der Waals surface area contributed by atoms with Crippen molar-refractivity contribution in [3.8, 4) is 17.0 Å². The summed E-state index contributed by atoms with van der Waals surface area (Å²) < 4.78 is 62.2. The number of rotatable bonds is 7. The minimum absolute atomic E-state index is 0.0133. The summed E-state index contributed by atoms with van der Waals surface area (Å²) in [5.41, 5.74) is 1.75. The van der Waals surface area contributed by atoms with E-state index in [1.807, 2.05) is 22.9 Å². The summed E-state index contributed by atoms with van der Waals surface area (Å²) in [5.74, 6) is -1.05. The highest BCUT2D eigenvalue weighted by molar-refractivity contribution is 7.94. The molecule has 0 saturated carbocycles. The van der Waals surface area contributed by atoms with E-state index >= 15 is 0 Å². The molecule has 37 heavy (non-hydrogen) atoms. The van der Waals surface area contributed by atoms with Crippen LogP contribution >= 0.6 is 0 Å². The molecule has 3 heterocycles. The lowest BCUT2D eigenvalue weighted by atomic mass is 10.0. The number of ether oxygens (including phenoxy) is 1. The second-order valence-electron chi connectivity index (χ2n) is 8.28. The zero-order valence-corrected chi connectivity index (χ0v) is 20.5. The number of benzene rings is 2. The van der Waals surface area contributed by atoms with E-state index in [9.17, 15) is 17.2 Å². The average Bonchev–Trinajstić information content (AvgIpc) is 2.90. The molecule has 2 aromatic heterocycles. The van der Waals surface area contributed by atoms with Gasteiger partial charge in [-0.2, -0.15) is 8.42 Å². The number of aromatic nitrogens is 3. The molecule has 0 atom stereocenters. The molecule has 5 rings (SSSR count). The van der Waals surface area contributed by atoms with Gasteiger partial charge < -0.3 is 15.0 Å². The summed E-state index contributed by atoms with van der Waals surface area (Å²) in [4.78, 5) is 15.3. The molecule has 1 aliphatic heterocycles. The Balaban J connectivity index is 1.48. The first-order valence-electron chi connectivity index (χ1n) is 11.3. The van der Waals surface area contributed by atoms with Crippen molar-refractivity contribution in [2.75, 3.05) is 47.6 Å². The van der Waals surface area contributed by atoms with Gasteiger partial charge in [-0.3, -0.25) is 9.44 Å². The number of hydrogen-bond acceptors (Lipinski definition) is 8. The van der Waals surface area contributed by atoms with E-state index in [-0.39, 0.29) is 11.6 Å². The SMILES string of the molecule is COc1ncc(-c2ccc3ncnc(N4CCNCC4)c3c2)cc1NS(=O)(=O)Nc1ccc(F)cc1F. The predicted molar refractivity (Wildman–Crippen MR) is 137 cm³/mol. The Hall–Kier alpha value is -4.10. The summed E-state index contributed by atoms with van der Waals surface area (Å²) in [5, 5.41) is 4.18.